The zero-order valence-electron chi connectivity index (χ0n) is 16.0. The SMILES string of the molecule is C/C=C\[C@@H]1C[C@H](C(=O)O)N[C@H]1[C@H](CCCC)ONC(C)=O.O=C(O)C(F)(F)F. The summed E-state index contributed by atoms with van der Waals surface area (Å²) in [7, 11) is 0. The zero-order valence-corrected chi connectivity index (χ0v) is 16.0. The molecule has 0 radical (unpaired) electrons. The molecular weight excluding hydrogens is 385 g/mol. The Balaban J connectivity index is 0.000000887. The van der Waals surface area contributed by atoms with Gasteiger partial charge in [0.05, 0.1) is 0 Å². The van der Waals surface area contributed by atoms with Gasteiger partial charge in [-0.05, 0) is 25.7 Å². The fraction of sp³-hybridized carbons (Fsp3) is 0.706. The average molecular weight is 412 g/mol. The molecule has 4 N–H and O–H groups in total. The van der Waals surface area contributed by atoms with Crippen molar-refractivity contribution >= 4 is 17.8 Å². The van der Waals surface area contributed by atoms with E-state index < -0.39 is 24.2 Å². The predicted octanol–water partition coefficient (Wildman–Crippen LogP) is 2.25. The molecule has 1 rings (SSSR count). The highest BCUT2D eigenvalue weighted by atomic mass is 19.4. The molecule has 1 saturated heterocycles. The second-order valence-corrected chi connectivity index (χ2v) is 6.27. The molecule has 0 bridgehead atoms. The van der Waals surface area contributed by atoms with Gasteiger partial charge in [-0.2, -0.15) is 13.2 Å². The molecule has 1 amide bonds. The summed E-state index contributed by atoms with van der Waals surface area (Å²) in [5, 5.41) is 19.5. The van der Waals surface area contributed by atoms with Crippen molar-refractivity contribution in [1.29, 1.82) is 0 Å². The van der Waals surface area contributed by atoms with Crippen LogP contribution in [0.25, 0.3) is 0 Å². The minimum Gasteiger partial charge on any atom is -0.480 e. The second-order valence-electron chi connectivity index (χ2n) is 6.27. The van der Waals surface area contributed by atoms with Crippen LogP contribution in [0, 0.1) is 5.92 Å². The quantitative estimate of drug-likeness (QED) is 0.356. The van der Waals surface area contributed by atoms with E-state index in [9.17, 15) is 27.9 Å². The Hall–Kier alpha value is -2.14. The van der Waals surface area contributed by atoms with E-state index in [-0.39, 0.29) is 24.0 Å². The van der Waals surface area contributed by atoms with Gasteiger partial charge < -0.3 is 10.2 Å². The molecule has 0 aromatic rings. The van der Waals surface area contributed by atoms with Crippen LogP contribution in [-0.2, 0) is 19.2 Å². The summed E-state index contributed by atoms with van der Waals surface area (Å²) in [5.74, 6) is -3.77. The van der Waals surface area contributed by atoms with Crippen molar-refractivity contribution in [2.75, 3.05) is 0 Å². The number of carboxylic acids is 2. The number of nitrogens with one attached hydrogen (secondary N) is 2. The third-order valence-corrected chi connectivity index (χ3v) is 3.94. The van der Waals surface area contributed by atoms with Gasteiger partial charge in [0.1, 0.15) is 12.1 Å². The van der Waals surface area contributed by atoms with E-state index in [0.29, 0.717) is 6.42 Å². The highest BCUT2D eigenvalue weighted by Gasteiger charge is 2.40. The van der Waals surface area contributed by atoms with Gasteiger partial charge in [-0.15, -0.1) is 0 Å². The van der Waals surface area contributed by atoms with Crippen molar-refractivity contribution in [3.63, 3.8) is 0 Å². The van der Waals surface area contributed by atoms with E-state index in [1.165, 1.54) is 6.92 Å². The van der Waals surface area contributed by atoms with Crippen LogP contribution in [0.1, 0.15) is 46.5 Å². The van der Waals surface area contributed by atoms with Crippen LogP contribution < -0.4 is 10.8 Å². The van der Waals surface area contributed by atoms with Gasteiger partial charge in [0.25, 0.3) is 0 Å². The summed E-state index contributed by atoms with van der Waals surface area (Å²) in [6, 6.07) is -0.679. The number of amides is 1. The first-order chi connectivity index (χ1) is 12.9. The Kier molecular flexibility index (Phi) is 11.4. The molecule has 1 aliphatic rings. The molecule has 1 aliphatic heterocycles. The molecule has 0 unspecified atom stereocenters. The van der Waals surface area contributed by atoms with Crippen LogP contribution in [0.4, 0.5) is 13.2 Å². The van der Waals surface area contributed by atoms with Gasteiger partial charge >= 0.3 is 18.1 Å². The molecule has 1 heterocycles. The molecule has 1 fully saturated rings. The number of aliphatic carboxylic acids is 2. The maximum absolute atomic E-state index is 11.2. The molecule has 0 aromatic heterocycles. The lowest BCUT2D eigenvalue weighted by Crippen LogP contribution is -2.46. The molecule has 11 heteroatoms. The van der Waals surface area contributed by atoms with Crippen molar-refractivity contribution in [2.24, 2.45) is 5.92 Å². The number of alkyl halides is 3. The molecule has 8 nitrogen and oxygen atoms in total. The van der Waals surface area contributed by atoms with Crippen LogP contribution in [-0.4, -0.2) is 52.4 Å². The van der Waals surface area contributed by atoms with Gasteiger partial charge in [0, 0.05) is 13.0 Å². The van der Waals surface area contributed by atoms with Crippen molar-refractivity contribution in [1.82, 2.24) is 10.8 Å². The minimum atomic E-state index is -5.08. The summed E-state index contributed by atoms with van der Waals surface area (Å²) < 4.78 is 31.7. The summed E-state index contributed by atoms with van der Waals surface area (Å²) in [6.07, 6.45) is 1.91. The molecule has 0 saturated carbocycles. The molecule has 0 aromatic carbocycles. The topological polar surface area (TPSA) is 125 Å². The number of allylic oxidation sites excluding steroid dienone is 1. The first kappa shape index (κ1) is 25.9. The number of hydrogen-bond acceptors (Lipinski definition) is 5. The number of hydrogen-bond donors (Lipinski definition) is 4. The minimum absolute atomic E-state index is 0.0896. The standard InChI is InChI=1S/C15H26N2O4.C2HF3O2/c1-4-6-8-13(21-17-10(3)18)14-11(7-5-2)9-12(16-14)15(19)20;3-2(4,5)1(6)7/h5,7,11-14,16H,4,6,8-9H2,1-3H3,(H,17,18)(H,19,20);(H,6,7)/b7-5-;/t11-,12-,13+,14-;/m1./s1. The Morgan fingerprint density at radius 2 is 1.89 bits per heavy atom. The Morgan fingerprint density at radius 1 is 1.32 bits per heavy atom. The Morgan fingerprint density at radius 3 is 2.29 bits per heavy atom. The average Bonchev–Trinajstić information content (AvgIpc) is 2.99. The normalized spacial score (nSPS) is 23.0. The molecule has 0 spiro atoms. The number of carboxylic acid groups (broad SMARTS) is 2. The van der Waals surface area contributed by atoms with Crippen molar-refractivity contribution in [3.8, 4) is 0 Å². The summed E-state index contributed by atoms with van der Waals surface area (Å²) in [6.45, 7) is 5.39. The van der Waals surface area contributed by atoms with Gasteiger partial charge in [0.2, 0.25) is 5.91 Å². The van der Waals surface area contributed by atoms with Crippen LogP contribution >= 0.6 is 0 Å². The van der Waals surface area contributed by atoms with Crippen molar-refractivity contribution in [3.05, 3.63) is 12.2 Å². The summed E-state index contributed by atoms with van der Waals surface area (Å²) >= 11 is 0. The van der Waals surface area contributed by atoms with E-state index in [2.05, 4.69) is 17.7 Å². The van der Waals surface area contributed by atoms with Gasteiger partial charge in [0.15, 0.2) is 0 Å². The van der Waals surface area contributed by atoms with Crippen LogP contribution in [0.3, 0.4) is 0 Å². The fourth-order valence-corrected chi connectivity index (χ4v) is 2.72. The molecule has 4 atom stereocenters. The van der Waals surface area contributed by atoms with Gasteiger partial charge in [-0.1, -0.05) is 31.9 Å². The maximum Gasteiger partial charge on any atom is 0.490 e. The number of hydroxylamine groups is 1. The molecular formula is C17H27F3N2O6. The van der Waals surface area contributed by atoms with Gasteiger partial charge in [-0.3, -0.25) is 19.7 Å². The predicted molar refractivity (Wildman–Crippen MR) is 93.2 cm³/mol. The third kappa shape index (κ3) is 9.70. The van der Waals surface area contributed by atoms with Crippen LogP contribution in [0.2, 0.25) is 0 Å². The smallest absolute Gasteiger partial charge is 0.480 e. The second kappa shape index (κ2) is 12.3. The fourth-order valence-electron chi connectivity index (χ4n) is 2.72. The first-order valence-electron chi connectivity index (χ1n) is 8.77. The van der Waals surface area contributed by atoms with E-state index in [1.807, 2.05) is 19.1 Å². The number of unbranched alkanes of at least 4 members (excludes halogenated alkanes) is 1. The molecule has 162 valence electrons. The summed E-state index contributed by atoms with van der Waals surface area (Å²) in [4.78, 5) is 36.7. The Bertz CT molecular complexity index is 554. The van der Waals surface area contributed by atoms with Crippen molar-refractivity contribution < 1.29 is 42.6 Å². The van der Waals surface area contributed by atoms with E-state index in [0.717, 1.165) is 19.3 Å². The Labute approximate surface area is 161 Å². The highest BCUT2D eigenvalue weighted by Crippen LogP contribution is 2.27. The number of carbonyl (C=O) groups excluding carboxylic acids is 1. The third-order valence-electron chi connectivity index (χ3n) is 3.94. The van der Waals surface area contributed by atoms with Gasteiger partial charge in [-0.25, -0.2) is 10.3 Å². The lowest BCUT2D eigenvalue weighted by atomic mass is 9.92. The summed E-state index contributed by atoms with van der Waals surface area (Å²) in [5.41, 5.74) is 2.39. The zero-order chi connectivity index (χ0) is 21.9. The monoisotopic (exact) mass is 412 g/mol. The largest absolute Gasteiger partial charge is 0.490 e. The number of halogens is 3. The molecule has 28 heavy (non-hydrogen) atoms. The maximum atomic E-state index is 11.2. The van der Waals surface area contributed by atoms with E-state index in [4.69, 9.17) is 14.7 Å². The lowest BCUT2D eigenvalue weighted by Gasteiger charge is -2.27. The number of carbonyl (C=O) groups is 3. The van der Waals surface area contributed by atoms with E-state index >= 15 is 0 Å². The number of rotatable bonds is 8. The van der Waals surface area contributed by atoms with Crippen LogP contribution in [0.15, 0.2) is 12.2 Å². The van der Waals surface area contributed by atoms with Crippen LogP contribution in [0.5, 0.6) is 0 Å². The van der Waals surface area contributed by atoms with E-state index in [1.54, 1.807) is 0 Å². The first-order valence-corrected chi connectivity index (χ1v) is 8.77. The highest BCUT2D eigenvalue weighted by molar-refractivity contribution is 5.74. The lowest BCUT2D eigenvalue weighted by molar-refractivity contribution is -0.192. The van der Waals surface area contributed by atoms with Crippen molar-refractivity contribution in [2.45, 2.75) is 70.8 Å². The molecule has 0 aliphatic carbocycles.